The summed E-state index contributed by atoms with van der Waals surface area (Å²) in [4.78, 5) is 30.3. The average Bonchev–Trinajstić information content (AvgIpc) is 2.75. The molecule has 1 aliphatic carbocycles. The van der Waals surface area contributed by atoms with E-state index in [4.69, 9.17) is 22.1 Å². The molecule has 0 amide bonds. The van der Waals surface area contributed by atoms with Gasteiger partial charge in [-0.05, 0) is 56.9 Å². The van der Waals surface area contributed by atoms with E-state index >= 15 is 0 Å². The number of hydrogen-bond acceptors (Lipinski definition) is 5. The van der Waals surface area contributed by atoms with E-state index < -0.39 is 6.04 Å². The smallest absolute Gasteiger partial charge is 0.338 e. The summed E-state index contributed by atoms with van der Waals surface area (Å²) in [6, 6.07) is 13.8. The van der Waals surface area contributed by atoms with Crippen LogP contribution in [0.25, 0.3) is 10.9 Å². The molecule has 0 spiro atoms. The first-order valence-corrected chi connectivity index (χ1v) is 10.6. The van der Waals surface area contributed by atoms with Crippen LogP contribution >= 0.6 is 11.6 Å². The van der Waals surface area contributed by atoms with Gasteiger partial charge in [0.2, 0.25) is 0 Å². The minimum Gasteiger partial charge on any atom is -0.459 e. The van der Waals surface area contributed by atoms with Crippen molar-refractivity contribution in [3.8, 4) is 0 Å². The number of esters is 1. The van der Waals surface area contributed by atoms with Crippen LogP contribution in [0.3, 0.4) is 0 Å². The second kappa shape index (κ2) is 8.58. The fourth-order valence-electron chi connectivity index (χ4n) is 4.11. The van der Waals surface area contributed by atoms with Crippen LogP contribution in [0, 0.1) is 0 Å². The molecule has 0 unspecified atom stereocenters. The van der Waals surface area contributed by atoms with Crippen LogP contribution < -0.4 is 11.3 Å². The van der Waals surface area contributed by atoms with Gasteiger partial charge in [-0.2, -0.15) is 0 Å². The van der Waals surface area contributed by atoms with Crippen molar-refractivity contribution < 1.29 is 9.53 Å². The van der Waals surface area contributed by atoms with Crippen LogP contribution in [0.5, 0.6) is 0 Å². The number of nitrogens with zero attached hydrogens (tertiary/aromatic N) is 2. The molecule has 4 rings (SSSR count). The number of carbonyl (C=O) groups is 1. The Morgan fingerprint density at radius 2 is 1.83 bits per heavy atom. The first-order chi connectivity index (χ1) is 14.5. The summed E-state index contributed by atoms with van der Waals surface area (Å²) in [5, 5.41) is 0.807. The molecule has 156 valence electrons. The number of fused-ring (bicyclic) bond motifs is 1. The molecule has 1 aliphatic rings. The monoisotopic (exact) mass is 425 g/mol. The Labute approximate surface area is 179 Å². The highest BCUT2D eigenvalue weighted by Gasteiger charge is 2.29. The third-order valence-electron chi connectivity index (χ3n) is 5.61. The highest BCUT2D eigenvalue weighted by Crippen LogP contribution is 2.32. The number of aromatic nitrogens is 2. The zero-order valence-electron chi connectivity index (χ0n) is 16.8. The van der Waals surface area contributed by atoms with Crippen molar-refractivity contribution in [1.82, 2.24) is 9.55 Å². The summed E-state index contributed by atoms with van der Waals surface area (Å²) in [7, 11) is 0. The molecule has 1 heterocycles. The van der Waals surface area contributed by atoms with E-state index in [1.54, 1.807) is 34.9 Å². The van der Waals surface area contributed by atoms with E-state index in [9.17, 15) is 9.59 Å². The summed E-state index contributed by atoms with van der Waals surface area (Å²) < 4.78 is 7.37. The van der Waals surface area contributed by atoms with Gasteiger partial charge in [0.25, 0.3) is 5.56 Å². The zero-order chi connectivity index (χ0) is 21.3. The van der Waals surface area contributed by atoms with Crippen molar-refractivity contribution >= 4 is 28.5 Å². The van der Waals surface area contributed by atoms with Gasteiger partial charge in [0.15, 0.2) is 0 Å². The molecule has 1 atom stereocenters. The van der Waals surface area contributed by atoms with E-state index in [1.807, 2.05) is 25.1 Å². The molecule has 0 radical (unpaired) electrons. The molecule has 1 saturated carbocycles. The van der Waals surface area contributed by atoms with Gasteiger partial charge in [0.1, 0.15) is 11.9 Å². The zero-order valence-corrected chi connectivity index (χ0v) is 17.5. The number of halogens is 1. The van der Waals surface area contributed by atoms with Crippen LogP contribution in [0.1, 0.15) is 60.9 Å². The first kappa shape index (κ1) is 20.6. The average molecular weight is 426 g/mol. The van der Waals surface area contributed by atoms with Crippen molar-refractivity contribution in [2.75, 3.05) is 0 Å². The lowest BCUT2D eigenvalue weighted by Crippen LogP contribution is -2.35. The summed E-state index contributed by atoms with van der Waals surface area (Å²) >= 11 is 6.30. The number of rotatable bonds is 4. The standard InChI is InChI=1S/C23H24ClN3O3/c1-14(25)21-26-19-9-5-8-18(24)20(19)22(28)27(21)16-10-12-17(13-11-16)30-23(29)15-6-3-2-4-7-15/h2-9,14,16-17H,10-13,25H2,1H3/t14-,16?,17?/m0/s1. The Balaban J connectivity index is 1.56. The number of nitrogens with two attached hydrogens (primary N) is 1. The second-order valence-corrected chi connectivity index (χ2v) is 8.18. The number of ether oxygens (including phenoxy) is 1. The van der Waals surface area contributed by atoms with Gasteiger partial charge in [-0.3, -0.25) is 9.36 Å². The van der Waals surface area contributed by atoms with Gasteiger partial charge in [0.05, 0.1) is 27.5 Å². The minimum atomic E-state index is -0.394. The van der Waals surface area contributed by atoms with E-state index in [2.05, 4.69) is 4.98 Å². The highest BCUT2D eigenvalue weighted by molar-refractivity contribution is 6.35. The largest absolute Gasteiger partial charge is 0.459 e. The fraction of sp³-hybridized carbons (Fsp3) is 0.348. The summed E-state index contributed by atoms with van der Waals surface area (Å²) in [5.41, 5.74) is 7.09. The van der Waals surface area contributed by atoms with Gasteiger partial charge in [-0.1, -0.05) is 35.9 Å². The van der Waals surface area contributed by atoms with Gasteiger partial charge in [-0.25, -0.2) is 9.78 Å². The maximum atomic E-state index is 13.3. The van der Waals surface area contributed by atoms with E-state index in [0.717, 1.165) is 0 Å². The Hall–Kier alpha value is -2.70. The quantitative estimate of drug-likeness (QED) is 0.625. The molecular formula is C23H24ClN3O3. The van der Waals surface area contributed by atoms with Gasteiger partial charge in [-0.15, -0.1) is 0 Å². The van der Waals surface area contributed by atoms with Gasteiger partial charge in [0, 0.05) is 6.04 Å². The predicted octanol–water partition coefficient (Wildman–Crippen LogP) is 4.41. The van der Waals surface area contributed by atoms with E-state index in [0.29, 0.717) is 53.0 Å². The normalized spacial score (nSPS) is 20.1. The molecule has 0 aliphatic heterocycles. The second-order valence-electron chi connectivity index (χ2n) is 7.77. The van der Waals surface area contributed by atoms with Crippen LogP contribution in [-0.4, -0.2) is 21.6 Å². The summed E-state index contributed by atoms with van der Waals surface area (Å²) in [6.07, 6.45) is 2.58. The summed E-state index contributed by atoms with van der Waals surface area (Å²) in [6.45, 7) is 1.82. The van der Waals surface area contributed by atoms with Crippen LogP contribution in [0.15, 0.2) is 53.3 Å². The van der Waals surface area contributed by atoms with Crippen LogP contribution in [-0.2, 0) is 4.74 Å². The molecular weight excluding hydrogens is 402 g/mol. The Bertz CT molecular complexity index is 1120. The summed E-state index contributed by atoms with van der Waals surface area (Å²) in [5.74, 6) is 0.242. The first-order valence-electron chi connectivity index (χ1n) is 10.2. The number of carbonyl (C=O) groups excluding carboxylic acids is 1. The third-order valence-corrected chi connectivity index (χ3v) is 5.92. The molecule has 1 aromatic heterocycles. The van der Waals surface area contributed by atoms with E-state index in [1.165, 1.54) is 0 Å². The van der Waals surface area contributed by atoms with E-state index in [-0.39, 0.29) is 23.7 Å². The molecule has 30 heavy (non-hydrogen) atoms. The maximum Gasteiger partial charge on any atom is 0.338 e. The molecule has 0 bridgehead atoms. The molecule has 6 nitrogen and oxygen atoms in total. The molecule has 3 aromatic rings. The van der Waals surface area contributed by atoms with Gasteiger partial charge < -0.3 is 10.5 Å². The lowest BCUT2D eigenvalue weighted by Gasteiger charge is -2.31. The molecule has 7 heteroatoms. The molecule has 2 aromatic carbocycles. The lowest BCUT2D eigenvalue weighted by atomic mass is 9.92. The number of hydrogen-bond donors (Lipinski definition) is 1. The maximum absolute atomic E-state index is 13.3. The van der Waals surface area contributed by atoms with Crippen molar-refractivity contribution in [3.05, 3.63) is 75.3 Å². The predicted molar refractivity (Wildman–Crippen MR) is 117 cm³/mol. The lowest BCUT2D eigenvalue weighted by molar-refractivity contribution is 0.0169. The van der Waals surface area contributed by atoms with Gasteiger partial charge >= 0.3 is 5.97 Å². The fourth-order valence-corrected chi connectivity index (χ4v) is 4.36. The van der Waals surface area contributed by atoms with Crippen molar-refractivity contribution in [2.45, 2.75) is 50.8 Å². The van der Waals surface area contributed by atoms with Crippen molar-refractivity contribution in [1.29, 1.82) is 0 Å². The number of benzene rings is 2. The van der Waals surface area contributed by atoms with Crippen molar-refractivity contribution in [2.24, 2.45) is 5.73 Å². The Morgan fingerprint density at radius 3 is 2.50 bits per heavy atom. The third kappa shape index (κ3) is 3.98. The SMILES string of the molecule is C[C@H](N)c1nc2cccc(Cl)c2c(=O)n1C1CCC(OC(=O)c2ccccc2)CC1. The van der Waals surface area contributed by atoms with Crippen molar-refractivity contribution in [3.63, 3.8) is 0 Å². The molecule has 2 N–H and O–H groups in total. The Kier molecular flexibility index (Phi) is 5.88. The highest BCUT2D eigenvalue weighted by atomic mass is 35.5. The Morgan fingerprint density at radius 1 is 1.13 bits per heavy atom. The van der Waals surface area contributed by atoms with Crippen LogP contribution in [0.4, 0.5) is 0 Å². The molecule has 1 fully saturated rings. The minimum absolute atomic E-state index is 0.0571. The topological polar surface area (TPSA) is 87.2 Å². The van der Waals surface area contributed by atoms with Crippen LogP contribution in [0.2, 0.25) is 5.02 Å². The molecule has 0 saturated heterocycles.